The Balaban J connectivity index is 3.49. The minimum Gasteiger partial charge on any atom is -0.462 e. The highest BCUT2D eigenvalue weighted by molar-refractivity contribution is 5.70. The summed E-state index contributed by atoms with van der Waals surface area (Å²) in [6.07, 6.45) is 70.4. The molecule has 0 aromatic rings. The van der Waals surface area contributed by atoms with E-state index in [1.165, 1.54) is 173 Å². The highest BCUT2D eigenvalue weighted by Gasteiger charge is 2.16. The molecule has 0 aliphatic carbocycles. The monoisotopic (exact) mass is 867 g/mol. The summed E-state index contributed by atoms with van der Waals surface area (Å²) in [5.41, 5.74) is 0. The lowest BCUT2D eigenvalue weighted by atomic mass is 10.0. The van der Waals surface area contributed by atoms with Crippen molar-refractivity contribution in [1.82, 2.24) is 0 Å². The molecule has 0 saturated heterocycles. The number of aliphatic hydroxyl groups is 1. The summed E-state index contributed by atoms with van der Waals surface area (Å²) in [7, 11) is 0. The maximum atomic E-state index is 12.3. The molecule has 0 amide bonds. The second kappa shape index (κ2) is 52.9. The summed E-state index contributed by atoms with van der Waals surface area (Å²) in [6, 6.07) is 0. The summed E-state index contributed by atoms with van der Waals surface area (Å²) in [4.78, 5) is 24.5. The first-order valence-corrected chi connectivity index (χ1v) is 26.8. The standard InChI is InChI=1S/C57H102O5/c1-3-5-7-9-11-13-15-17-19-21-23-25-26-27-28-29-30-32-34-36-38-40-42-44-46-48-50-52-57(60)62-55(53-58)54-61-56(59)51-49-47-45-43-41-39-37-35-33-31-24-22-20-18-16-14-12-10-8-6-4-2/h5,7,11,13,17,19,23,25,27-28,55,58H,3-4,6,8-10,12,14-16,18,20-22,24,26,29-54H2,1-2H3/b7-5-,13-11-,19-17-,25-23-,28-27-. The van der Waals surface area contributed by atoms with Crippen molar-refractivity contribution in [3.05, 3.63) is 60.8 Å². The summed E-state index contributed by atoms with van der Waals surface area (Å²) < 4.78 is 10.7. The van der Waals surface area contributed by atoms with Gasteiger partial charge in [0.1, 0.15) is 6.61 Å². The van der Waals surface area contributed by atoms with E-state index in [0.717, 1.165) is 70.6 Å². The first kappa shape index (κ1) is 59.6. The van der Waals surface area contributed by atoms with Gasteiger partial charge in [-0.1, -0.05) is 261 Å². The van der Waals surface area contributed by atoms with Crippen LogP contribution >= 0.6 is 0 Å². The summed E-state index contributed by atoms with van der Waals surface area (Å²) >= 11 is 0. The number of rotatable bonds is 49. The Morgan fingerprint density at radius 2 is 0.694 bits per heavy atom. The predicted molar refractivity (Wildman–Crippen MR) is 270 cm³/mol. The number of esters is 2. The second-order valence-corrected chi connectivity index (χ2v) is 17.9. The molecule has 5 nitrogen and oxygen atoms in total. The smallest absolute Gasteiger partial charge is 0.306 e. The van der Waals surface area contributed by atoms with E-state index in [0.29, 0.717) is 12.8 Å². The van der Waals surface area contributed by atoms with Crippen LogP contribution in [0, 0.1) is 0 Å². The first-order valence-electron chi connectivity index (χ1n) is 26.8. The Hall–Kier alpha value is -2.40. The molecule has 360 valence electrons. The fourth-order valence-corrected chi connectivity index (χ4v) is 7.82. The van der Waals surface area contributed by atoms with Gasteiger partial charge >= 0.3 is 11.9 Å². The number of aliphatic hydroxyl groups excluding tert-OH is 1. The second-order valence-electron chi connectivity index (χ2n) is 17.9. The fourth-order valence-electron chi connectivity index (χ4n) is 7.82. The van der Waals surface area contributed by atoms with Gasteiger partial charge < -0.3 is 14.6 Å². The lowest BCUT2D eigenvalue weighted by molar-refractivity contribution is -0.161. The van der Waals surface area contributed by atoms with Crippen molar-refractivity contribution in [2.45, 2.75) is 277 Å². The molecule has 0 spiro atoms. The van der Waals surface area contributed by atoms with Gasteiger partial charge in [0.2, 0.25) is 0 Å². The van der Waals surface area contributed by atoms with Crippen LogP contribution in [-0.2, 0) is 19.1 Å². The van der Waals surface area contributed by atoms with Crippen LogP contribution in [0.15, 0.2) is 60.8 Å². The van der Waals surface area contributed by atoms with Gasteiger partial charge in [0.25, 0.3) is 0 Å². The van der Waals surface area contributed by atoms with Gasteiger partial charge in [-0.25, -0.2) is 0 Å². The van der Waals surface area contributed by atoms with Gasteiger partial charge in [0.15, 0.2) is 6.10 Å². The predicted octanol–water partition coefficient (Wildman–Crippen LogP) is 17.9. The molecule has 62 heavy (non-hydrogen) atoms. The summed E-state index contributed by atoms with van der Waals surface area (Å²) in [5, 5.41) is 9.64. The molecule has 1 N–H and O–H groups in total. The van der Waals surface area contributed by atoms with Crippen LogP contribution in [-0.4, -0.2) is 36.4 Å². The minimum atomic E-state index is -0.774. The molecule has 0 aromatic carbocycles. The number of carbonyl (C=O) groups excluding carboxylic acids is 2. The van der Waals surface area contributed by atoms with Crippen molar-refractivity contribution in [3.8, 4) is 0 Å². The van der Waals surface area contributed by atoms with E-state index in [2.05, 4.69) is 74.6 Å². The Morgan fingerprint density at radius 3 is 1.05 bits per heavy atom. The van der Waals surface area contributed by atoms with E-state index in [1.807, 2.05) is 0 Å². The van der Waals surface area contributed by atoms with Crippen LogP contribution in [0.25, 0.3) is 0 Å². The number of ether oxygens (including phenoxy) is 2. The van der Waals surface area contributed by atoms with Crippen LogP contribution in [0.4, 0.5) is 0 Å². The molecule has 0 aliphatic rings. The lowest BCUT2D eigenvalue weighted by Gasteiger charge is -2.15. The SMILES string of the molecule is CC/C=C\C/C=C\C/C=C\C/C=C\C/C=C\CCCCCCCCCCCCCC(=O)OC(CO)COC(=O)CCCCCCCCCCCCCCCCCCCCCCC. The van der Waals surface area contributed by atoms with E-state index in [9.17, 15) is 14.7 Å². The van der Waals surface area contributed by atoms with Gasteiger partial charge in [-0.15, -0.1) is 0 Å². The molecule has 0 saturated carbocycles. The van der Waals surface area contributed by atoms with Gasteiger partial charge in [0, 0.05) is 12.8 Å². The van der Waals surface area contributed by atoms with Crippen molar-refractivity contribution < 1.29 is 24.2 Å². The van der Waals surface area contributed by atoms with Crippen LogP contribution in [0.5, 0.6) is 0 Å². The topological polar surface area (TPSA) is 72.8 Å². The van der Waals surface area contributed by atoms with Crippen molar-refractivity contribution in [1.29, 1.82) is 0 Å². The van der Waals surface area contributed by atoms with Gasteiger partial charge in [0.05, 0.1) is 6.61 Å². The number of allylic oxidation sites excluding steroid dienone is 10. The van der Waals surface area contributed by atoms with Crippen LogP contribution in [0.3, 0.4) is 0 Å². The molecule has 0 fully saturated rings. The van der Waals surface area contributed by atoms with Crippen LogP contribution in [0.1, 0.15) is 271 Å². The Kier molecular flexibility index (Phi) is 50.9. The van der Waals surface area contributed by atoms with Crippen molar-refractivity contribution >= 4 is 11.9 Å². The maximum Gasteiger partial charge on any atom is 0.306 e. The van der Waals surface area contributed by atoms with E-state index in [1.54, 1.807) is 0 Å². The number of unbranched alkanes of at least 4 members (excludes halogenated alkanes) is 31. The Labute approximate surface area is 385 Å². The molecule has 5 heteroatoms. The third-order valence-electron chi connectivity index (χ3n) is 11.8. The molecule has 0 rings (SSSR count). The Bertz CT molecular complexity index is 1070. The zero-order chi connectivity index (χ0) is 44.9. The van der Waals surface area contributed by atoms with Crippen molar-refractivity contribution in [2.75, 3.05) is 13.2 Å². The molecule has 1 atom stereocenters. The third kappa shape index (κ3) is 50.2. The highest BCUT2D eigenvalue weighted by Crippen LogP contribution is 2.17. The lowest BCUT2D eigenvalue weighted by Crippen LogP contribution is -2.28. The van der Waals surface area contributed by atoms with E-state index < -0.39 is 6.10 Å². The average molecular weight is 867 g/mol. The largest absolute Gasteiger partial charge is 0.462 e. The summed E-state index contributed by atoms with van der Waals surface area (Å²) in [5.74, 6) is -0.583. The minimum absolute atomic E-state index is 0.0649. The molecule has 0 bridgehead atoms. The van der Waals surface area contributed by atoms with Gasteiger partial charge in [-0.3, -0.25) is 9.59 Å². The molecule has 0 radical (unpaired) electrons. The van der Waals surface area contributed by atoms with Crippen molar-refractivity contribution in [3.63, 3.8) is 0 Å². The fraction of sp³-hybridized carbons (Fsp3) is 0.789. The average Bonchev–Trinajstić information content (AvgIpc) is 3.28. The zero-order valence-corrected chi connectivity index (χ0v) is 41.1. The zero-order valence-electron chi connectivity index (χ0n) is 41.1. The maximum absolute atomic E-state index is 12.3. The Morgan fingerprint density at radius 1 is 0.387 bits per heavy atom. The first-order chi connectivity index (χ1) is 30.6. The molecule has 1 unspecified atom stereocenters. The number of carbonyl (C=O) groups is 2. The molecular weight excluding hydrogens is 765 g/mol. The van der Waals surface area contributed by atoms with Crippen LogP contribution < -0.4 is 0 Å². The van der Waals surface area contributed by atoms with Gasteiger partial charge in [-0.05, 0) is 57.8 Å². The summed E-state index contributed by atoms with van der Waals surface area (Å²) in [6.45, 7) is 4.06. The van der Waals surface area contributed by atoms with E-state index >= 15 is 0 Å². The van der Waals surface area contributed by atoms with E-state index in [-0.39, 0.29) is 25.2 Å². The highest BCUT2D eigenvalue weighted by atomic mass is 16.6. The third-order valence-corrected chi connectivity index (χ3v) is 11.8. The van der Waals surface area contributed by atoms with E-state index in [4.69, 9.17) is 9.47 Å². The number of hydrogen-bond acceptors (Lipinski definition) is 5. The van der Waals surface area contributed by atoms with Crippen LogP contribution in [0.2, 0.25) is 0 Å². The normalized spacial score (nSPS) is 12.6. The molecular formula is C57H102O5. The molecule has 0 aliphatic heterocycles. The number of hydrogen-bond donors (Lipinski definition) is 1. The van der Waals surface area contributed by atoms with Gasteiger partial charge in [-0.2, -0.15) is 0 Å². The quantitative estimate of drug-likeness (QED) is 0.0375. The van der Waals surface area contributed by atoms with Crippen molar-refractivity contribution in [2.24, 2.45) is 0 Å². The molecule has 0 aromatic heterocycles. The molecule has 0 heterocycles.